The van der Waals surface area contributed by atoms with Crippen molar-refractivity contribution in [2.24, 2.45) is 0 Å². The molecule has 29 heavy (non-hydrogen) atoms. The molecular formula is C21H22FN3O3S. The lowest BCUT2D eigenvalue weighted by atomic mass is 10.1. The van der Waals surface area contributed by atoms with E-state index in [1.54, 1.807) is 24.3 Å². The van der Waals surface area contributed by atoms with Gasteiger partial charge in [0.15, 0.2) is 5.78 Å². The first-order valence-corrected chi connectivity index (χ1v) is 10.6. The van der Waals surface area contributed by atoms with Crippen molar-refractivity contribution in [1.29, 1.82) is 0 Å². The van der Waals surface area contributed by atoms with Crippen LogP contribution in [-0.2, 0) is 16.4 Å². The van der Waals surface area contributed by atoms with E-state index < -0.39 is 10.0 Å². The number of aromatic amines is 1. The van der Waals surface area contributed by atoms with E-state index in [1.165, 1.54) is 42.5 Å². The van der Waals surface area contributed by atoms with Crippen molar-refractivity contribution in [3.8, 4) is 11.3 Å². The number of benzene rings is 2. The van der Waals surface area contributed by atoms with Gasteiger partial charge in [0, 0.05) is 30.4 Å². The molecule has 2 aromatic carbocycles. The zero-order valence-corrected chi connectivity index (χ0v) is 17.0. The van der Waals surface area contributed by atoms with E-state index >= 15 is 0 Å². The van der Waals surface area contributed by atoms with Crippen LogP contribution in [0.15, 0.2) is 59.5 Å². The normalized spacial score (nSPS) is 11.7. The highest BCUT2D eigenvalue weighted by Crippen LogP contribution is 2.20. The smallest absolute Gasteiger partial charge is 0.242 e. The number of sulfonamides is 1. The van der Waals surface area contributed by atoms with Gasteiger partial charge >= 0.3 is 0 Å². The molecule has 0 bridgehead atoms. The Morgan fingerprint density at radius 2 is 1.90 bits per heavy atom. The van der Waals surface area contributed by atoms with Gasteiger partial charge in [-0.2, -0.15) is 5.10 Å². The Labute approximate surface area is 169 Å². The van der Waals surface area contributed by atoms with Crippen molar-refractivity contribution in [1.82, 2.24) is 14.5 Å². The molecule has 0 saturated heterocycles. The van der Waals surface area contributed by atoms with E-state index in [0.29, 0.717) is 36.2 Å². The van der Waals surface area contributed by atoms with Gasteiger partial charge < -0.3 is 0 Å². The summed E-state index contributed by atoms with van der Waals surface area (Å²) in [5.74, 6) is -0.509. The average molecular weight is 415 g/mol. The number of aryl methyl sites for hydroxylation is 1. The molecule has 0 amide bonds. The van der Waals surface area contributed by atoms with Gasteiger partial charge in [0.1, 0.15) is 5.82 Å². The second kappa shape index (κ2) is 8.67. The van der Waals surface area contributed by atoms with Gasteiger partial charge in [-0.05, 0) is 50.1 Å². The highest BCUT2D eigenvalue weighted by atomic mass is 32.2. The molecule has 3 rings (SSSR count). The summed E-state index contributed by atoms with van der Waals surface area (Å²) >= 11 is 0. The van der Waals surface area contributed by atoms with Crippen molar-refractivity contribution in [2.75, 3.05) is 13.6 Å². The van der Waals surface area contributed by atoms with Crippen molar-refractivity contribution < 1.29 is 17.6 Å². The van der Waals surface area contributed by atoms with E-state index in [4.69, 9.17) is 0 Å². The molecular weight excluding hydrogens is 393 g/mol. The third-order valence-electron chi connectivity index (χ3n) is 4.62. The van der Waals surface area contributed by atoms with E-state index in [-0.39, 0.29) is 16.5 Å². The predicted octanol–water partition coefficient (Wildman–Crippen LogP) is 3.67. The predicted molar refractivity (Wildman–Crippen MR) is 109 cm³/mol. The van der Waals surface area contributed by atoms with Crippen LogP contribution in [0.25, 0.3) is 11.3 Å². The SMILES string of the molecule is CC(=O)c1cccc(S(=O)(=O)N(C)CCCc2cc(-c3cccc(F)c3)n[nH]2)c1. The van der Waals surface area contributed by atoms with Crippen LogP contribution in [0.5, 0.6) is 0 Å². The summed E-state index contributed by atoms with van der Waals surface area (Å²) in [7, 11) is -2.16. The number of aromatic nitrogens is 2. The molecule has 0 saturated carbocycles. The number of halogens is 1. The molecule has 1 heterocycles. The molecule has 3 aromatic rings. The molecule has 152 valence electrons. The summed E-state index contributed by atoms with van der Waals surface area (Å²) in [6, 6.07) is 14.1. The molecule has 0 unspecified atom stereocenters. The lowest BCUT2D eigenvalue weighted by Gasteiger charge is -2.17. The first kappa shape index (κ1) is 20.9. The molecule has 0 aliphatic carbocycles. The van der Waals surface area contributed by atoms with Gasteiger partial charge in [-0.3, -0.25) is 9.89 Å². The minimum Gasteiger partial charge on any atom is -0.295 e. The maximum atomic E-state index is 13.4. The summed E-state index contributed by atoms with van der Waals surface area (Å²) in [6.45, 7) is 1.71. The quantitative estimate of drug-likeness (QED) is 0.569. The van der Waals surface area contributed by atoms with Gasteiger partial charge in [0.05, 0.1) is 10.6 Å². The number of nitrogens with one attached hydrogen (secondary N) is 1. The number of hydrogen-bond donors (Lipinski definition) is 1. The van der Waals surface area contributed by atoms with Gasteiger partial charge in [-0.25, -0.2) is 17.1 Å². The minimum atomic E-state index is -3.68. The fourth-order valence-corrected chi connectivity index (χ4v) is 4.21. The fourth-order valence-electron chi connectivity index (χ4n) is 2.95. The monoisotopic (exact) mass is 415 g/mol. The number of rotatable bonds is 8. The molecule has 0 aliphatic heterocycles. The Morgan fingerprint density at radius 1 is 1.14 bits per heavy atom. The van der Waals surface area contributed by atoms with Crippen LogP contribution < -0.4 is 0 Å². The van der Waals surface area contributed by atoms with Gasteiger partial charge in [-0.15, -0.1) is 0 Å². The van der Waals surface area contributed by atoms with Gasteiger partial charge in [-0.1, -0.05) is 24.3 Å². The molecule has 0 aliphatic rings. The Kier molecular flexibility index (Phi) is 6.24. The summed E-state index contributed by atoms with van der Waals surface area (Å²) in [5.41, 5.74) is 2.52. The number of ketones is 1. The lowest BCUT2D eigenvalue weighted by molar-refractivity contribution is 0.101. The maximum absolute atomic E-state index is 13.4. The standard InChI is InChI=1S/C21H22FN3O3S/c1-15(26)16-6-4-10-20(13-16)29(27,28)25(2)11-5-9-19-14-21(24-23-19)17-7-3-8-18(22)12-17/h3-4,6-8,10,12-14H,5,9,11H2,1-2H3,(H,23,24). The summed E-state index contributed by atoms with van der Waals surface area (Å²) in [5, 5.41) is 7.10. The molecule has 0 fully saturated rings. The van der Waals surface area contributed by atoms with Crippen molar-refractivity contribution in [3.63, 3.8) is 0 Å². The van der Waals surface area contributed by atoms with Crippen molar-refractivity contribution >= 4 is 15.8 Å². The van der Waals surface area contributed by atoms with Crippen LogP contribution in [-0.4, -0.2) is 42.3 Å². The second-order valence-electron chi connectivity index (χ2n) is 6.80. The summed E-state index contributed by atoms with van der Waals surface area (Å²) in [4.78, 5) is 11.6. The highest BCUT2D eigenvalue weighted by molar-refractivity contribution is 7.89. The largest absolute Gasteiger partial charge is 0.295 e. The topological polar surface area (TPSA) is 83.1 Å². The first-order valence-electron chi connectivity index (χ1n) is 9.15. The van der Waals surface area contributed by atoms with Crippen LogP contribution in [0.1, 0.15) is 29.4 Å². The summed E-state index contributed by atoms with van der Waals surface area (Å²) in [6.07, 6.45) is 1.17. The van der Waals surface area contributed by atoms with Crippen molar-refractivity contribution in [3.05, 3.63) is 71.7 Å². The lowest BCUT2D eigenvalue weighted by Crippen LogP contribution is -2.28. The molecule has 1 N–H and O–H groups in total. The number of Topliss-reactive ketones (excluding diaryl/α,β-unsaturated/α-hetero) is 1. The molecule has 1 aromatic heterocycles. The van der Waals surface area contributed by atoms with E-state index in [1.807, 2.05) is 6.07 Å². The Hall–Kier alpha value is -2.84. The number of H-pyrrole nitrogens is 1. The minimum absolute atomic E-state index is 0.0997. The number of carbonyl (C=O) groups is 1. The molecule has 0 atom stereocenters. The van der Waals surface area contributed by atoms with E-state index in [0.717, 1.165) is 5.69 Å². The van der Waals surface area contributed by atoms with Gasteiger partial charge in [0.25, 0.3) is 0 Å². The van der Waals surface area contributed by atoms with Crippen molar-refractivity contribution in [2.45, 2.75) is 24.7 Å². The van der Waals surface area contributed by atoms with Gasteiger partial charge in [0.2, 0.25) is 10.0 Å². The van der Waals surface area contributed by atoms with Crippen LogP contribution in [0, 0.1) is 5.82 Å². The Bertz CT molecular complexity index is 1130. The van der Waals surface area contributed by atoms with E-state index in [9.17, 15) is 17.6 Å². The highest BCUT2D eigenvalue weighted by Gasteiger charge is 2.21. The first-order chi connectivity index (χ1) is 13.8. The number of carbonyl (C=O) groups excluding carboxylic acids is 1. The van der Waals surface area contributed by atoms with Crippen LogP contribution in [0.3, 0.4) is 0 Å². The van der Waals surface area contributed by atoms with Crippen LogP contribution in [0.4, 0.5) is 4.39 Å². The molecule has 6 nitrogen and oxygen atoms in total. The van der Waals surface area contributed by atoms with E-state index in [2.05, 4.69) is 10.2 Å². The Balaban J connectivity index is 1.62. The zero-order chi connectivity index (χ0) is 21.0. The number of nitrogens with zero attached hydrogens (tertiary/aromatic N) is 2. The third-order valence-corrected chi connectivity index (χ3v) is 6.47. The zero-order valence-electron chi connectivity index (χ0n) is 16.2. The second-order valence-corrected chi connectivity index (χ2v) is 8.85. The molecule has 8 heteroatoms. The fraction of sp³-hybridized carbons (Fsp3) is 0.238. The van der Waals surface area contributed by atoms with Crippen LogP contribution >= 0.6 is 0 Å². The third kappa shape index (κ3) is 4.96. The molecule has 0 radical (unpaired) electrons. The average Bonchev–Trinajstić information content (AvgIpc) is 3.17. The maximum Gasteiger partial charge on any atom is 0.242 e. The Morgan fingerprint density at radius 3 is 2.62 bits per heavy atom. The number of hydrogen-bond acceptors (Lipinski definition) is 4. The summed E-state index contributed by atoms with van der Waals surface area (Å²) < 4.78 is 40.1. The molecule has 0 spiro atoms. The van der Waals surface area contributed by atoms with Crippen LogP contribution in [0.2, 0.25) is 0 Å².